The second-order valence-electron chi connectivity index (χ2n) is 7.59. The first-order chi connectivity index (χ1) is 14.7. The summed E-state index contributed by atoms with van der Waals surface area (Å²) in [5, 5.41) is 17.9. The molecule has 0 fully saturated rings. The summed E-state index contributed by atoms with van der Waals surface area (Å²) in [6, 6.07) is 20.2. The van der Waals surface area contributed by atoms with E-state index in [0.29, 0.717) is 6.54 Å². The summed E-state index contributed by atoms with van der Waals surface area (Å²) in [6.45, 7) is 4.35. The third-order valence-electron chi connectivity index (χ3n) is 4.81. The third kappa shape index (κ3) is 7.99. The van der Waals surface area contributed by atoms with E-state index in [1.54, 1.807) is 6.20 Å². The zero-order valence-corrected chi connectivity index (χ0v) is 17.7. The summed E-state index contributed by atoms with van der Waals surface area (Å²) < 4.78 is 7.70. The third-order valence-corrected chi connectivity index (χ3v) is 4.81. The number of hydrogen-bond acceptors (Lipinski definition) is 5. The highest BCUT2D eigenvalue weighted by Gasteiger charge is 2.10. The second kappa shape index (κ2) is 12.1. The molecule has 3 aromatic rings. The molecule has 160 valence electrons. The maximum absolute atomic E-state index is 10.3. The predicted octanol–water partition coefficient (Wildman–Crippen LogP) is 2.93. The maximum Gasteiger partial charge on any atom is 0.119 e. The lowest BCUT2D eigenvalue weighted by Gasteiger charge is -2.21. The van der Waals surface area contributed by atoms with E-state index in [2.05, 4.69) is 39.6 Å². The van der Waals surface area contributed by atoms with Gasteiger partial charge in [-0.05, 0) is 49.3 Å². The van der Waals surface area contributed by atoms with Gasteiger partial charge in [0, 0.05) is 38.6 Å². The minimum atomic E-state index is -0.533. The molecule has 1 heterocycles. The first kappa shape index (κ1) is 22.0. The van der Waals surface area contributed by atoms with E-state index in [-0.39, 0.29) is 6.61 Å². The van der Waals surface area contributed by atoms with E-state index in [4.69, 9.17) is 4.74 Å². The zero-order valence-electron chi connectivity index (χ0n) is 17.7. The molecule has 1 unspecified atom stereocenters. The first-order valence-corrected chi connectivity index (χ1v) is 10.5. The smallest absolute Gasteiger partial charge is 0.119 e. The van der Waals surface area contributed by atoms with E-state index in [1.807, 2.05) is 54.3 Å². The lowest BCUT2D eigenvalue weighted by atomic mass is 10.2. The Morgan fingerprint density at radius 1 is 1.07 bits per heavy atom. The van der Waals surface area contributed by atoms with Crippen molar-refractivity contribution in [2.24, 2.45) is 0 Å². The number of benzene rings is 2. The fourth-order valence-corrected chi connectivity index (χ4v) is 3.30. The molecule has 0 bridgehead atoms. The molecule has 0 saturated heterocycles. The van der Waals surface area contributed by atoms with E-state index in [0.717, 1.165) is 38.3 Å². The van der Waals surface area contributed by atoms with Crippen LogP contribution >= 0.6 is 0 Å². The molecule has 1 aromatic heterocycles. The number of rotatable bonds is 13. The Morgan fingerprint density at radius 3 is 2.60 bits per heavy atom. The molecule has 30 heavy (non-hydrogen) atoms. The monoisotopic (exact) mass is 408 g/mol. The highest BCUT2D eigenvalue weighted by atomic mass is 16.5. The van der Waals surface area contributed by atoms with Crippen molar-refractivity contribution in [2.45, 2.75) is 32.2 Å². The van der Waals surface area contributed by atoms with Crippen molar-refractivity contribution in [1.82, 2.24) is 20.0 Å². The molecule has 6 heteroatoms. The van der Waals surface area contributed by atoms with E-state index in [1.165, 1.54) is 11.1 Å². The minimum absolute atomic E-state index is 0.282. The van der Waals surface area contributed by atoms with Gasteiger partial charge in [0.15, 0.2) is 0 Å². The van der Waals surface area contributed by atoms with Crippen LogP contribution in [0.2, 0.25) is 0 Å². The standard InChI is InChI=1S/C24H32N4O2/c1-27(18-22-7-3-2-4-8-22)19-23(29)20-30-24-11-9-21(10-12-24)17-25-13-5-15-28-16-6-14-26-28/h2-4,6-12,14,16,23,25,29H,5,13,15,17-20H2,1H3. The van der Waals surface area contributed by atoms with Gasteiger partial charge in [0.25, 0.3) is 0 Å². The number of aliphatic hydroxyl groups excluding tert-OH is 1. The number of nitrogens with one attached hydrogen (secondary N) is 1. The first-order valence-electron chi connectivity index (χ1n) is 10.5. The molecule has 0 amide bonds. The normalized spacial score (nSPS) is 12.2. The Labute approximate surface area is 179 Å². The van der Waals surface area contributed by atoms with Crippen LogP contribution in [0.15, 0.2) is 73.1 Å². The molecule has 0 spiro atoms. The minimum Gasteiger partial charge on any atom is -0.491 e. The second-order valence-corrected chi connectivity index (χ2v) is 7.59. The van der Waals surface area contributed by atoms with Crippen molar-refractivity contribution >= 4 is 0 Å². The number of hydrogen-bond donors (Lipinski definition) is 2. The molecule has 1 atom stereocenters. The largest absolute Gasteiger partial charge is 0.491 e. The Balaban J connectivity index is 1.29. The molecule has 2 aromatic carbocycles. The summed E-state index contributed by atoms with van der Waals surface area (Å²) in [6.07, 6.45) is 4.30. The predicted molar refractivity (Wildman–Crippen MR) is 119 cm³/mol. The van der Waals surface area contributed by atoms with Crippen molar-refractivity contribution in [1.29, 1.82) is 0 Å². The van der Waals surface area contributed by atoms with Crippen molar-refractivity contribution in [3.8, 4) is 5.75 Å². The Hall–Kier alpha value is -2.67. The lowest BCUT2D eigenvalue weighted by molar-refractivity contribution is 0.0744. The number of aromatic nitrogens is 2. The highest BCUT2D eigenvalue weighted by molar-refractivity contribution is 5.27. The van der Waals surface area contributed by atoms with Gasteiger partial charge in [0.2, 0.25) is 0 Å². The summed E-state index contributed by atoms with van der Waals surface area (Å²) >= 11 is 0. The van der Waals surface area contributed by atoms with E-state index in [9.17, 15) is 5.11 Å². The van der Waals surface area contributed by atoms with Gasteiger partial charge < -0.3 is 15.2 Å². The molecular weight excluding hydrogens is 376 g/mol. The summed E-state index contributed by atoms with van der Waals surface area (Å²) in [7, 11) is 2.01. The number of aliphatic hydroxyl groups is 1. The fraction of sp³-hybridized carbons (Fsp3) is 0.375. The van der Waals surface area contributed by atoms with Gasteiger partial charge in [-0.2, -0.15) is 5.10 Å². The van der Waals surface area contributed by atoms with Gasteiger partial charge in [-0.1, -0.05) is 42.5 Å². The summed E-state index contributed by atoms with van der Waals surface area (Å²) in [4.78, 5) is 2.10. The maximum atomic E-state index is 10.3. The Morgan fingerprint density at radius 2 is 1.87 bits per heavy atom. The molecule has 0 aliphatic carbocycles. The summed E-state index contributed by atoms with van der Waals surface area (Å²) in [5.41, 5.74) is 2.45. The van der Waals surface area contributed by atoms with Crippen molar-refractivity contribution in [3.05, 3.63) is 84.2 Å². The molecule has 0 aliphatic rings. The topological polar surface area (TPSA) is 62.6 Å². The van der Waals surface area contributed by atoms with Crippen LogP contribution in [0, 0.1) is 0 Å². The van der Waals surface area contributed by atoms with Crippen LogP contribution in [0.25, 0.3) is 0 Å². The number of aryl methyl sites for hydroxylation is 1. The quantitative estimate of drug-likeness (QED) is 0.426. The van der Waals surface area contributed by atoms with Gasteiger partial charge in [-0.3, -0.25) is 9.58 Å². The van der Waals surface area contributed by atoms with Gasteiger partial charge in [-0.25, -0.2) is 0 Å². The Kier molecular flexibility index (Phi) is 8.90. The van der Waals surface area contributed by atoms with Gasteiger partial charge in [0.05, 0.1) is 0 Å². The molecule has 0 aliphatic heterocycles. The molecular formula is C24H32N4O2. The lowest BCUT2D eigenvalue weighted by Crippen LogP contribution is -2.32. The van der Waals surface area contributed by atoms with Gasteiger partial charge in [-0.15, -0.1) is 0 Å². The molecule has 0 radical (unpaired) electrons. The Bertz CT molecular complexity index is 822. The number of ether oxygens (including phenoxy) is 1. The van der Waals surface area contributed by atoms with Crippen LogP contribution < -0.4 is 10.1 Å². The highest BCUT2D eigenvalue weighted by Crippen LogP contribution is 2.13. The van der Waals surface area contributed by atoms with Crippen molar-refractivity contribution < 1.29 is 9.84 Å². The summed E-state index contributed by atoms with van der Waals surface area (Å²) in [5.74, 6) is 0.780. The van der Waals surface area contributed by atoms with Crippen molar-refractivity contribution in [3.63, 3.8) is 0 Å². The van der Waals surface area contributed by atoms with Crippen LogP contribution in [0.4, 0.5) is 0 Å². The average Bonchev–Trinajstić information content (AvgIpc) is 3.27. The van der Waals surface area contributed by atoms with Crippen LogP contribution in [0.5, 0.6) is 5.75 Å². The molecule has 3 rings (SSSR count). The number of nitrogens with zero attached hydrogens (tertiary/aromatic N) is 3. The molecule has 2 N–H and O–H groups in total. The zero-order chi connectivity index (χ0) is 21.0. The van der Waals surface area contributed by atoms with Crippen molar-refractivity contribution in [2.75, 3.05) is 26.7 Å². The number of likely N-dealkylation sites (N-methyl/N-ethyl adjacent to an activating group) is 1. The molecule has 6 nitrogen and oxygen atoms in total. The SMILES string of the molecule is CN(Cc1ccccc1)CC(O)COc1ccc(CNCCCn2cccn2)cc1. The fourth-order valence-electron chi connectivity index (χ4n) is 3.30. The van der Waals surface area contributed by atoms with Crippen LogP contribution in [-0.4, -0.2) is 52.6 Å². The van der Waals surface area contributed by atoms with Crippen LogP contribution in [0.3, 0.4) is 0 Å². The van der Waals surface area contributed by atoms with Gasteiger partial charge >= 0.3 is 0 Å². The van der Waals surface area contributed by atoms with Crippen LogP contribution in [-0.2, 0) is 19.6 Å². The molecule has 0 saturated carbocycles. The van der Waals surface area contributed by atoms with Gasteiger partial charge in [0.1, 0.15) is 18.5 Å². The van der Waals surface area contributed by atoms with E-state index >= 15 is 0 Å². The van der Waals surface area contributed by atoms with Crippen LogP contribution in [0.1, 0.15) is 17.5 Å². The van der Waals surface area contributed by atoms with E-state index < -0.39 is 6.10 Å². The average molecular weight is 409 g/mol.